The number of alkyl halides is 2. The van der Waals surface area contributed by atoms with Gasteiger partial charge >= 0.3 is 0 Å². The van der Waals surface area contributed by atoms with Gasteiger partial charge in [-0.25, -0.2) is 8.78 Å². The molecule has 1 amide bonds. The second-order valence-corrected chi connectivity index (χ2v) is 4.29. The second-order valence-electron chi connectivity index (χ2n) is 4.29. The Bertz CT molecular complexity index is 477. The van der Waals surface area contributed by atoms with Crippen LogP contribution in [0.25, 0.3) is 0 Å². The zero-order chi connectivity index (χ0) is 13.3. The molecular formula is C12H14F2N2O2. The maximum atomic E-state index is 13.0. The Balaban J connectivity index is 2.17. The molecule has 1 aliphatic rings. The Kier molecular flexibility index (Phi) is 3.11. The summed E-state index contributed by atoms with van der Waals surface area (Å²) in [5.74, 6) is -2.76. The third-order valence-corrected chi connectivity index (χ3v) is 2.93. The fourth-order valence-corrected chi connectivity index (χ4v) is 1.96. The van der Waals surface area contributed by atoms with Crippen molar-refractivity contribution >= 4 is 11.6 Å². The monoisotopic (exact) mass is 256 g/mol. The van der Waals surface area contributed by atoms with E-state index in [1.807, 2.05) is 0 Å². The van der Waals surface area contributed by atoms with Crippen molar-refractivity contribution in [2.75, 3.05) is 25.9 Å². The number of halogens is 2. The number of nitrogens with zero attached hydrogens (tertiary/aromatic N) is 1. The number of nitrogen functional groups attached to an aromatic ring is 1. The number of likely N-dealkylation sites (tertiary alicyclic amines) is 1. The summed E-state index contributed by atoms with van der Waals surface area (Å²) in [6.45, 7) is -0.463. The first-order valence-corrected chi connectivity index (χ1v) is 5.53. The van der Waals surface area contributed by atoms with Crippen LogP contribution in [-0.2, 0) is 0 Å². The normalized spacial score (nSPS) is 17.8. The molecule has 1 aromatic rings. The number of anilines is 1. The van der Waals surface area contributed by atoms with E-state index in [-0.39, 0.29) is 13.0 Å². The number of ether oxygens (including phenoxy) is 1. The number of carbonyl (C=O) groups excluding carboxylic acids is 1. The molecule has 1 heterocycles. The minimum Gasteiger partial charge on any atom is -0.495 e. The molecular weight excluding hydrogens is 242 g/mol. The van der Waals surface area contributed by atoms with Gasteiger partial charge < -0.3 is 15.4 Å². The lowest BCUT2D eigenvalue weighted by atomic mass is 10.1. The molecule has 0 bridgehead atoms. The lowest BCUT2D eigenvalue weighted by molar-refractivity contribution is 0.0120. The van der Waals surface area contributed by atoms with E-state index in [4.69, 9.17) is 10.5 Å². The molecule has 4 nitrogen and oxygen atoms in total. The summed E-state index contributed by atoms with van der Waals surface area (Å²) in [5.41, 5.74) is 6.29. The fourth-order valence-electron chi connectivity index (χ4n) is 1.96. The van der Waals surface area contributed by atoms with Crippen molar-refractivity contribution in [3.05, 3.63) is 23.8 Å². The zero-order valence-electron chi connectivity index (χ0n) is 9.95. The van der Waals surface area contributed by atoms with Gasteiger partial charge in [-0.1, -0.05) is 0 Å². The minimum absolute atomic E-state index is 0.0672. The SMILES string of the molecule is COc1ccc(C(=O)N2CCC(F)(F)C2)cc1N. The summed E-state index contributed by atoms with van der Waals surface area (Å²) in [5, 5.41) is 0. The zero-order valence-corrected chi connectivity index (χ0v) is 9.95. The molecule has 98 valence electrons. The van der Waals surface area contributed by atoms with Crippen molar-refractivity contribution in [2.24, 2.45) is 0 Å². The summed E-state index contributed by atoms with van der Waals surface area (Å²) in [7, 11) is 1.47. The van der Waals surface area contributed by atoms with Gasteiger partial charge in [-0.3, -0.25) is 4.79 Å². The second kappa shape index (κ2) is 4.44. The van der Waals surface area contributed by atoms with E-state index in [1.54, 1.807) is 6.07 Å². The highest BCUT2D eigenvalue weighted by atomic mass is 19.3. The van der Waals surface area contributed by atoms with Gasteiger partial charge in [0.05, 0.1) is 19.3 Å². The van der Waals surface area contributed by atoms with Gasteiger partial charge in [0.15, 0.2) is 0 Å². The van der Waals surface area contributed by atoms with Crippen LogP contribution in [-0.4, -0.2) is 36.9 Å². The van der Waals surface area contributed by atoms with E-state index < -0.39 is 18.4 Å². The molecule has 2 rings (SSSR count). The van der Waals surface area contributed by atoms with Gasteiger partial charge in [0, 0.05) is 18.5 Å². The molecule has 0 radical (unpaired) electrons. The molecule has 0 aromatic heterocycles. The van der Waals surface area contributed by atoms with E-state index >= 15 is 0 Å². The average molecular weight is 256 g/mol. The van der Waals surface area contributed by atoms with Gasteiger partial charge in [-0.2, -0.15) is 0 Å². The van der Waals surface area contributed by atoms with E-state index in [0.717, 1.165) is 4.90 Å². The lowest BCUT2D eigenvalue weighted by Crippen LogP contribution is -2.31. The van der Waals surface area contributed by atoms with Gasteiger partial charge in [0.2, 0.25) is 0 Å². The molecule has 18 heavy (non-hydrogen) atoms. The van der Waals surface area contributed by atoms with Crippen LogP contribution in [0, 0.1) is 0 Å². The van der Waals surface area contributed by atoms with Gasteiger partial charge in [0.1, 0.15) is 5.75 Å². The van der Waals surface area contributed by atoms with Crippen molar-refractivity contribution in [1.82, 2.24) is 4.90 Å². The van der Waals surface area contributed by atoms with Crippen molar-refractivity contribution in [2.45, 2.75) is 12.3 Å². The topological polar surface area (TPSA) is 55.6 Å². The third kappa shape index (κ3) is 2.37. The molecule has 0 aliphatic carbocycles. The maximum absolute atomic E-state index is 13.0. The molecule has 2 N–H and O–H groups in total. The predicted molar refractivity (Wildman–Crippen MR) is 62.9 cm³/mol. The number of methoxy groups -OCH3 is 1. The predicted octanol–water partition coefficient (Wildman–Crippen LogP) is 1.76. The maximum Gasteiger partial charge on any atom is 0.267 e. The third-order valence-electron chi connectivity index (χ3n) is 2.93. The highest BCUT2D eigenvalue weighted by Gasteiger charge is 2.40. The first-order chi connectivity index (χ1) is 8.43. The minimum atomic E-state index is -2.78. The molecule has 0 atom stereocenters. The first-order valence-electron chi connectivity index (χ1n) is 5.53. The molecule has 0 saturated carbocycles. The van der Waals surface area contributed by atoms with Crippen LogP contribution in [0.5, 0.6) is 5.75 Å². The van der Waals surface area contributed by atoms with Crippen molar-refractivity contribution < 1.29 is 18.3 Å². The first kappa shape index (κ1) is 12.6. The van der Waals surface area contributed by atoms with E-state index in [1.165, 1.54) is 19.2 Å². The summed E-state index contributed by atoms with van der Waals surface area (Å²) in [4.78, 5) is 13.1. The van der Waals surface area contributed by atoms with E-state index in [2.05, 4.69) is 0 Å². The van der Waals surface area contributed by atoms with Crippen LogP contribution in [0.4, 0.5) is 14.5 Å². The fraction of sp³-hybridized carbons (Fsp3) is 0.417. The van der Waals surface area contributed by atoms with Crippen LogP contribution < -0.4 is 10.5 Å². The Morgan fingerprint density at radius 1 is 1.50 bits per heavy atom. The number of hydrogen-bond acceptors (Lipinski definition) is 3. The Morgan fingerprint density at radius 3 is 2.72 bits per heavy atom. The lowest BCUT2D eigenvalue weighted by Gasteiger charge is -2.16. The number of rotatable bonds is 2. The van der Waals surface area contributed by atoms with Crippen molar-refractivity contribution in [3.63, 3.8) is 0 Å². The average Bonchev–Trinajstić information content (AvgIpc) is 2.68. The summed E-state index contributed by atoms with van der Waals surface area (Å²) < 4.78 is 31.0. The van der Waals surface area contributed by atoms with E-state index in [0.29, 0.717) is 17.0 Å². The highest BCUT2D eigenvalue weighted by molar-refractivity contribution is 5.95. The number of benzene rings is 1. The quantitative estimate of drug-likeness (QED) is 0.820. The van der Waals surface area contributed by atoms with Crippen LogP contribution in [0.15, 0.2) is 18.2 Å². The number of carbonyl (C=O) groups is 1. The van der Waals surface area contributed by atoms with Gasteiger partial charge in [-0.15, -0.1) is 0 Å². The van der Waals surface area contributed by atoms with Crippen molar-refractivity contribution in [1.29, 1.82) is 0 Å². The summed E-state index contributed by atoms with van der Waals surface area (Å²) in [6.07, 6.45) is -0.287. The highest BCUT2D eigenvalue weighted by Crippen LogP contribution is 2.29. The van der Waals surface area contributed by atoms with Gasteiger partial charge in [-0.05, 0) is 18.2 Å². The molecule has 0 unspecified atom stereocenters. The van der Waals surface area contributed by atoms with Crippen molar-refractivity contribution in [3.8, 4) is 5.75 Å². The Labute approximate surface area is 103 Å². The number of hydrogen-bond donors (Lipinski definition) is 1. The molecule has 0 spiro atoms. The summed E-state index contributed by atoms with van der Waals surface area (Å²) >= 11 is 0. The summed E-state index contributed by atoms with van der Waals surface area (Å²) in [6, 6.07) is 4.52. The largest absolute Gasteiger partial charge is 0.495 e. The van der Waals surface area contributed by atoms with E-state index in [9.17, 15) is 13.6 Å². The molecule has 1 aliphatic heterocycles. The number of amides is 1. The molecule has 1 aromatic carbocycles. The van der Waals surface area contributed by atoms with Crippen LogP contribution in [0.2, 0.25) is 0 Å². The number of nitrogens with two attached hydrogens (primary N) is 1. The Hall–Kier alpha value is -1.85. The Morgan fingerprint density at radius 2 is 2.22 bits per heavy atom. The molecule has 6 heteroatoms. The van der Waals surface area contributed by atoms with Crippen LogP contribution in [0.3, 0.4) is 0 Å². The smallest absolute Gasteiger partial charge is 0.267 e. The molecule has 1 saturated heterocycles. The van der Waals surface area contributed by atoms with Crippen LogP contribution in [0.1, 0.15) is 16.8 Å². The van der Waals surface area contributed by atoms with Gasteiger partial charge in [0.25, 0.3) is 11.8 Å². The van der Waals surface area contributed by atoms with Crippen LogP contribution >= 0.6 is 0 Å². The molecule has 1 fully saturated rings. The standard InChI is InChI=1S/C12H14F2N2O2/c1-18-10-3-2-8(6-9(10)15)11(17)16-5-4-12(13,14)7-16/h2-3,6H,4-5,7,15H2,1H3.